The molecule has 0 saturated heterocycles. The Hall–Kier alpha value is -4.37. The van der Waals surface area contributed by atoms with Crippen LogP contribution in [0, 0.1) is 13.8 Å². The molecular formula is C33H36N4O4S. The number of carboxylic acid groups (broad SMARTS) is 1. The van der Waals surface area contributed by atoms with Crippen LogP contribution in [0.1, 0.15) is 58.9 Å². The Kier molecular flexibility index (Phi) is 9.21. The summed E-state index contributed by atoms with van der Waals surface area (Å²) >= 11 is 1.38. The predicted molar refractivity (Wildman–Crippen MR) is 166 cm³/mol. The number of amides is 2. The lowest BCUT2D eigenvalue weighted by atomic mass is 9.95. The zero-order valence-electron chi connectivity index (χ0n) is 24.7. The fourth-order valence-corrected chi connectivity index (χ4v) is 5.44. The molecule has 4 rings (SSSR count). The van der Waals surface area contributed by atoms with Gasteiger partial charge in [0.2, 0.25) is 5.91 Å². The van der Waals surface area contributed by atoms with Crippen LogP contribution < -0.4 is 10.6 Å². The highest BCUT2D eigenvalue weighted by Crippen LogP contribution is 2.29. The van der Waals surface area contributed by atoms with E-state index in [0.29, 0.717) is 10.7 Å². The molecular weight excluding hydrogens is 548 g/mol. The average Bonchev–Trinajstić information content (AvgIpc) is 3.44. The number of aryl methyl sites for hydroxylation is 2. The smallest absolute Gasteiger partial charge is 0.325 e. The van der Waals surface area contributed by atoms with E-state index in [1.807, 2.05) is 30.3 Å². The van der Waals surface area contributed by atoms with E-state index in [9.17, 15) is 19.5 Å². The lowest BCUT2D eigenvalue weighted by Gasteiger charge is -2.20. The van der Waals surface area contributed by atoms with E-state index < -0.39 is 24.0 Å². The van der Waals surface area contributed by atoms with Gasteiger partial charge < -0.3 is 15.7 Å². The summed E-state index contributed by atoms with van der Waals surface area (Å²) in [4.78, 5) is 48.2. The molecule has 2 amide bonds. The number of benzene rings is 2. The summed E-state index contributed by atoms with van der Waals surface area (Å²) in [5.74, 6) is -1.54. The Bertz CT molecular complexity index is 1570. The normalized spacial score (nSPS) is 12.8. The number of nitrogens with zero attached hydrogens (tertiary/aromatic N) is 2. The first kappa shape index (κ1) is 30.6. The molecule has 218 valence electrons. The third kappa shape index (κ3) is 7.67. The van der Waals surface area contributed by atoms with Gasteiger partial charge in [0.15, 0.2) is 5.82 Å². The highest BCUT2D eigenvalue weighted by Gasteiger charge is 2.26. The van der Waals surface area contributed by atoms with Gasteiger partial charge in [-0.25, -0.2) is 9.97 Å². The van der Waals surface area contributed by atoms with Gasteiger partial charge >= 0.3 is 5.97 Å². The van der Waals surface area contributed by atoms with Gasteiger partial charge in [0.1, 0.15) is 12.1 Å². The number of nitrogens with one attached hydrogen (secondary N) is 2. The van der Waals surface area contributed by atoms with Gasteiger partial charge in [-0.3, -0.25) is 14.4 Å². The molecule has 2 aromatic carbocycles. The van der Waals surface area contributed by atoms with Crippen molar-refractivity contribution in [3.05, 3.63) is 93.4 Å². The van der Waals surface area contributed by atoms with Crippen LogP contribution >= 0.6 is 11.3 Å². The lowest BCUT2D eigenvalue weighted by Crippen LogP contribution is -2.51. The number of thiophene rings is 1. The maximum atomic E-state index is 13.1. The minimum Gasteiger partial charge on any atom is -0.480 e. The van der Waals surface area contributed by atoms with Crippen molar-refractivity contribution in [1.82, 2.24) is 20.6 Å². The van der Waals surface area contributed by atoms with E-state index in [0.717, 1.165) is 27.1 Å². The first-order valence-electron chi connectivity index (χ1n) is 13.7. The SMILES string of the molecule is Cc1cc(C)cc(-c2cnc(-c3ccc(CC(NC(=O)c4ccc(C(C)(C)C)s4)C(=O)NC(C)C(=O)O)cc3)nc2)c1. The molecule has 0 fully saturated rings. The summed E-state index contributed by atoms with van der Waals surface area (Å²) in [5, 5.41) is 14.6. The van der Waals surface area contributed by atoms with Crippen LogP contribution in [-0.4, -0.2) is 44.9 Å². The van der Waals surface area contributed by atoms with E-state index in [4.69, 9.17) is 0 Å². The third-order valence-electron chi connectivity index (χ3n) is 6.78. The molecule has 2 heterocycles. The van der Waals surface area contributed by atoms with Crippen molar-refractivity contribution >= 4 is 29.1 Å². The molecule has 42 heavy (non-hydrogen) atoms. The minimum atomic E-state index is -1.16. The molecule has 9 heteroatoms. The Morgan fingerprint density at radius 3 is 2.02 bits per heavy atom. The molecule has 2 atom stereocenters. The van der Waals surface area contributed by atoms with Crippen molar-refractivity contribution < 1.29 is 19.5 Å². The standard InChI is InChI=1S/C33H36N4O4S/c1-19-13-20(2)15-24(14-19)25-17-34-29(35-18-25)23-9-7-22(8-10-23)16-26(30(38)36-21(3)32(40)41)37-31(39)27-11-12-28(42-27)33(4,5)6/h7-15,17-18,21,26H,16H2,1-6H3,(H,36,38)(H,37,39)(H,40,41). The number of hydrogen-bond donors (Lipinski definition) is 3. The van der Waals surface area contributed by atoms with Crippen LogP contribution in [0.25, 0.3) is 22.5 Å². The summed E-state index contributed by atoms with van der Waals surface area (Å²) in [6.07, 6.45) is 3.79. The van der Waals surface area contributed by atoms with E-state index in [2.05, 4.69) is 73.4 Å². The van der Waals surface area contributed by atoms with Gasteiger partial charge in [-0.15, -0.1) is 11.3 Å². The van der Waals surface area contributed by atoms with Gasteiger partial charge in [-0.2, -0.15) is 0 Å². The number of carboxylic acids is 1. The van der Waals surface area contributed by atoms with Crippen LogP contribution in [0.5, 0.6) is 0 Å². The second kappa shape index (κ2) is 12.7. The number of carbonyl (C=O) groups excluding carboxylic acids is 2. The molecule has 0 aliphatic carbocycles. The zero-order chi connectivity index (χ0) is 30.6. The molecule has 3 N–H and O–H groups in total. The molecule has 2 unspecified atom stereocenters. The Morgan fingerprint density at radius 1 is 0.857 bits per heavy atom. The number of hydrogen-bond acceptors (Lipinski definition) is 6. The monoisotopic (exact) mass is 584 g/mol. The predicted octanol–water partition coefficient (Wildman–Crippen LogP) is 5.72. The van der Waals surface area contributed by atoms with Crippen LogP contribution in [0.3, 0.4) is 0 Å². The van der Waals surface area contributed by atoms with Crippen molar-refractivity contribution in [2.45, 2.75) is 65.5 Å². The molecule has 0 aliphatic heterocycles. The number of rotatable bonds is 9. The quantitative estimate of drug-likeness (QED) is 0.232. The number of aliphatic carboxylic acids is 1. The van der Waals surface area contributed by atoms with E-state index >= 15 is 0 Å². The van der Waals surface area contributed by atoms with Gasteiger partial charge in [0, 0.05) is 34.8 Å². The molecule has 0 radical (unpaired) electrons. The molecule has 8 nitrogen and oxygen atoms in total. The van der Waals surface area contributed by atoms with E-state index in [1.54, 1.807) is 18.5 Å². The van der Waals surface area contributed by atoms with Crippen LogP contribution in [-0.2, 0) is 21.4 Å². The van der Waals surface area contributed by atoms with Gasteiger partial charge in [0.05, 0.1) is 4.88 Å². The summed E-state index contributed by atoms with van der Waals surface area (Å²) in [6.45, 7) is 11.7. The highest BCUT2D eigenvalue weighted by molar-refractivity contribution is 7.14. The first-order chi connectivity index (χ1) is 19.8. The lowest BCUT2D eigenvalue weighted by molar-refractivity contribution is -0.141. The van der Waals surface area contributed by atoms with Crippen molar-refractivity contribution in [2.24, 2.45) is 0 Å². The Balaban J connectivity index is 1.51. The third-order valence-corrected chi connectivity index (χ3v) is 8.29. The molecule has 0 aliphatic rings. The largest absolute Gasteiger partial charge is 0.480 e. The highest BCUT2D eigenvalue weighted by atomic mass is 32.1. The topological polar surface area (TPSA) is 121 Å². The molecule has 0 saturated carbocycles. The molecule has 0 bridgehead atoms. The Labute approximate surface area is 250 Å². The van der Waals surface area contributed by atoms with E-state index in [1.165, 1.54) is 29.4 Å². The summed E-state index contributed by atoms with van der Waals surface area (Å²) < 4.78 is 0. The first-order valence-corrected chi connectivity index (χ1v) is 14.6. The van der Waals surface area contributed by atoms with Gasteiger partial charge in [0.25, 0.3) is 5.91 Å². The summed E-state index contributed by atoms with van der Waals surface area (Å²) in [7, 11) is 0. The van der Waals surface area contributed by atoms with E-state index in [-0.39, 0.29) is 17.7 Å². The Morgan fingerprint density at radius 2 is 1.48 bits per heavy atom. The maximum absolute atomic E-state index is 13.1. The fourth-order valence-electron chi connectivity index (χ4n) is 4.47. The van der Waals surface area contributed by atoms with Crippen LogP contribution in [0.4, 0.5) is 0 Å². The minimum absolute atomic E-state index is 0.109. The fraction of sp³-hybridized carbons (Fsp3) is 0.303. The van der Waals surface area contributed by atoms with Crippen LogP contribution in [0.15, 0.2) is 67.0 Å². The van der Waals surface area contributed by atoms with Crippen molar-refractivity contribution in [3.63, 3.8) is 0 Å². The van der Waals surface area contributed by atoms with Crippen molar-refractivity contribution in [1.29, 1.82) is 0 Å². The molecule has 4 aromatic rings. The van der Waals surface area contributed by atoms with Crippen LogP contribution in [0.2, 0.25) is 0 Å². The zero-order valence-corrected chi connectivity index (χ0v) is 25.5. The summed E-state index contributed by atoms with van der Waals surface area (Å²) in [6, 6.07) is 15.4. The van der Waals surface area contributed by atoms with Gasteiger partial charge in [-0.1, -0.05) is 74.4 Å². The maximum Gasteiger partial charge on any atom is 0.325 e. The van der Waals surface area contributed by atoms with Crippen molar-refractivity contribution in [3.8, 4) is 22.5 Å². The summed E-state index contributed by atoms with van der Waals surface area (Å²) in [5.41, 5.74) is 5.84. The van der Waals surface area contributed by atoms with Gasteiger partial charge in [-0.05, 0) is 49.4 Å². The molecule has 0 spiro atoms. The molecule has 2 aromatic heterocycles. The average molecular weight is 585 g/mol. The number of carbonyl (C=O) groups is 3. The van der Waals surface area contributed by atoms with Crippen molar-refractivity contribution in [2.75, 3.05) is 0 Å². The second-order valence-corrected chi connectivity index (χ2v) is 12.7. The number of aromatic nitrogens is 2. The second-order valence-electron chi connectivity index (χ2n) is 11.6.